The van der Waals surface area contributed by atoms with Gasteiger partial charge in [-0.15, -0.1) is 34.2 Å². The summed E-state index contributed by atoms with van der Waals surface area (Å²) >= 11 is 0. The summed E-state index contributed by atoms with van der Waals surface area (Å²) in [5.41, 5.74) is 0. The van der Waals surface area contributed by atoms with Crippen molar-refractivity contribution in [3.8, 4) is 0 Å². The Labute approximate surface area is 168 Å². The van der Waals surface area contributed by atoms with Gasteiger partial charge in [0.15, 0.2) is 5.96 Å². The molecule has 0 unspecified atom stereocenters. The maximum absolute atomic E-state index is 5.93. The molecule has 1 fully saturated rings. The van der Waals surface area contributed by atoms with Crippen molar-refractivity contribution in [3.63, 3.8) is 0 Å². The quantitative estimate of drug-likeness (QED) is 0.241. The number of rotatable bonds is 10. The van der Waals surface area contributed by atoms with Gasteiger partial charge in [0.2, 0.25) is 0 Å². The molecular formula is C17H33IN6O. The van der Waals surface area contributed by atoms with Crippen molar-refractivity contribution in [1.82, 2.24) is 25.4 Å². The minimum Gasteiger partial charge on any atom is -0.378 e. The topological polar surface area (TPSA) is 76.4 Å². The van der Waals surface area contributed by atoms with Crippen LogP contribution < -0.4 is 10.6 Å². The molecule has 0 spiro atoms. The third-order valence-electron chi connectivity index (χ3n) is 4.35. The normalized spacial score (nSPS) is 15.6. The lowest BCUT2D eigenvalue weighted by Crippen LogP contribution is -2.38. The molecule has 25 heavy (non-hydrogen) atoms. The zero-order chi connectivity index (χ0) is 16.9. The summed E-state index contributed by atoms with van der Waals surface area (Å²) in [6.45, 7) is 3.61. The van der Waals surface area contributed by atoms with Gasteiger partial charge >= 0.3 is 0 Å². The number of ether oxygens (including phenoxy) is 1. The first kappa shape index (κ1) is 22.1. The highest BCUT2D eigenvalue weighted by molar-refractivity contribution is 14.0. The van der Waals surface area contributed by atoms with E-state index in [9.17, 15) is 0 Å². The Morgan fingerprint density at radius 1 is 1.08 bits per heavy atom. The molecule has 0 amide bonds. The van der Waals surface area contributed by atoms with Gasteiger partial charge < -0.3 is 19.9 Å². The first-order valence-electron chi connectivity index (χ1n) is 9.27. The van der Waals surface area contributed by atoms with Crippen LogP contribution in [0.3, 0.4) is 0 Å². The van der Waals surface area contributed by atoms with Gasteiger partial charge in [-0.2, -0.15) is 0 Å². The minimum atomic E-state index is 0. The third-order valence-corrected chi connectivity index (χ3v) is 4.35. The Bertz CT molecular complexity index is 448. The summed E-state index contributed by atoms with van der Waals surface area (Å²) in [7, 11) is 1.81. The van der Waals surface area contributed by atoms with Crippen LogP contribution in [0.4, 0.5) is 0 Å². The van der Waals surface area contributed by atoms with Crippen molar-refractivity contribution in [2.75, 3.05) is 26.7 Å². The van der Waals surface area contributed by atoms with Crippen LogP contribution in [0.1, 0.15) is 51.4 Å². The van der Waals surface area contributed by atoms with E-state index in [1.807, 2.05) is 11.6 Å². The molecule has 1 aliphatic carbocycles. The average molecular weight is 464 g/mol. The van der Waals surface area contributed by atoms with E-state index in [-0.39, 0.29) is 24.0 Å². The predicted molar refractivity (Wildman–Crippen MR) is 111 cm³/mol. The molecule has 0 saturated heterocycles. The summed E-state index contributed by atoms with van der Waals surface area (Å²) in [4.78, 5) is 4.25. The highest BCUT2D eigenvalue weighted by Gasteiger charge is 2.12. The van der Waals surface area contributed by atoms with Gasteiger partial charge in [0.1, 0.15) is 12.7 Å². The van der Waals surface area contributed by atoms with Crippen molar-refractivity contribution in [2.45, 2.75) is 64.0 Å². The third kappa shape index (κ3) is 9.98. The van der Waals surface area contributed by atoms with E-state index in [2.05, 4.69) is 25.8 Å². The second kappa shape index (κ2) is 14.3. The largest absolute Gasteiger partial charge is 0.378 e. The number of aromatic nitrogens is 3. The molecule has 2 rings (SSSR count). The van der Waals surface area contributed by atoms with Gasteiger partial charge in [0, 0.05) is 33.3 Å². The van der Waals surface area contributed by atoms with Gasteiger partial charge in [-0.3, -0.25) is 4.99 Å². The van der Waals surface area contributed by atoms with E-state index in [0.717, 1.165) is 51.5 Å². The van der Waals surface area contributed by atoms with Crippen LogP contribution in [0.15, 0.2) is 17.6 Å². The molecule has 0 bridgehead atoms. The number of guanidine groups is 1. The van der Waals surface area contributed by atoms with Crippen molar-refractivity contribution in [2.24, 2.45) is 4.99 Å². The Balaban J connectivity index is 0.00000312. The number of hydrogen-bond donors (Lipinski definition) is 2. The maximum Gasteiger partial charge on any atom is 0.190 e. The number of halogens is 1. The number of nitrogens with one attached hydrogen (secondary N) is 2. The Hall–Kier alpha value is -0.900. The number of unbranched alkanes of at least 4 members (excludes halogenated alkanes) is 1. The SMILES string of the molecule is CN=C(NCCCCn1cnnc1)NCCCOC1CCCCC1.I. The fourth-order valence-electron chi connectivity index (χ4n) is 2.95. The van der Waals surface area contributed by atoms with Gasteiger partial charge in [-0.05, 0) is 32.1 Å². The van der Waals surface area contributed by atoms with Gasteiger partial charge in [-0.1, -0.05) is 19.3 Å². The highest BCUT2D eigenvalue weighted by Crippen LogP contribution is 2.20. The van der Waals surface area contributed by atoms with E-state index >= 15 is 0 Å². The van der Waals surface area contributed by atoms with Crippen molar-refractivity contribution < 1.29 is 4.74 Å². The smallest absolute Gasteiger partial charge is 0.190 e. The molecule has 1 aromatic heterocycles. The predicted octanol–water partition coefficient (Wildman–Crippen LogP) is 2.58. The molecule has 0 radical (unpaired) electrons. The fourth-order valence-corrected chi connectivity index (χ4v) is 2.95. The zero-order valence-corrected chi connectivity index (χ0v) is 17.7. The second-order valence-corrected chi connectivity index (χ2v) is 6.32. The summed E-state index contributed by atoms with van der Waals surface area (Å²) < 4.78 is 7.93. The lowest BCUT2D eigenvalue weighted by atomic mass is 9.98. The summed E-state index contributed by atoms with van der Waals surface area (Å²) in [6, 6.07) is 0. The van der Waals surface area contributed by atoms with Crippen LogP contribution in [0.2, 0.25) is 0 Å². The highest BCUT2D eigenvalue weighted by atomic mass is 127. The zero-order valence-electron chi connectivity index (χ0n) is 15.3. The van der Waals surface area contributed by atoms with Crippen LogP contribution in [0.5, 0.6) is 0 Å². The van der Waals surface area contributed by atoms with Crippen molar-refractivity contribution >= 4 is 29.9 Å². The molecule has 0 atom stereocenters. The molecule has 7 nitrogen and oxygen atoms in total. The Kier molecular flexibility index (Phi) is 12.7. The molecule has 1 heterocycles. The van der Waals surface area contributed by atoms with Gasteiger partial charge in [0.25, 0.3) is 0 Å². The molecule has 0 aromatic carbocycles. The van der Waals surface area contributed by atoms with Crippen LogP contribution in [-0.4, -0.2) is 53.6 Å². The van der Waals surface area contributed by atoms with Gasteiger partial charge in [-0.25, -0.2) is 0 Å². The molecule has 1 saturated carbocycles. The molecule has 1 aliphatic rings. The first-order valence-corrected chi connectivity index (χ1v) is 9.27. The molecule has 0 aliphatic heterocycles. The van der Waals surface area contributed by atoms with Gasteiger partial charge in [0.05, 0.1) is 6.10 Å². The van der Waals surface area contributed by atoms with E-state index in [0.29, 0.717) is 6.10 Å². The lowest BCUT2D eigenvalue weighted by Gasteiger charge is -2.22. The van der Waals surface area contributed by atoms with Crippen LogP contribution in [-0.2, 0) is 11.3 Å². The first-order chi connectivity index (χ1) is 11.9. The summed E-state index contributed by atoms with van der Waals surface area (Å²) in [5.74, 6) is 0.872. The van der Waals surface area contributed by atoms with Crippen LogP contribution in [0, 0.1) is 0 Å². The van der Waals surface area contributed by atoms with Crippen LogP contribution >= 0.6 is 24.0 Å². The Morgan fingerprint density at radius 2 is 1.76 bits per heavy atom. The molecule has 1 aromatic rings. The minimum absolute atomic E-state index is 0. The summed E-state index contributed by atoms with van der Waals surface area (Å²) in [6.07, 6.45) is 13.7. The number of nitrogens with zero attached hydrogens (tertiary/aromatic N) is 4. The summed E-state index contributed by atoms with van der Waals surface area (Å²) in [5, 5.41) is 14.3. The number of hydrogen-bond acceptors (Lipinski definition) is 4. The van der Waals surface area contributed by atoms with E-state index < -0.39 is 0 Å². The fraction of sp³-hybridized carbons (Fsp3) is 0.824. The van der Waals surface area contributed by atoms with E-state index in [1.54, 1.807) is 12.7 Å². The molecular weight excluding hydrogens is 431 g/mol. The maximum atomic E-state index is 5.93. The standard InChI is InChI=1S/C17H32N6O.HI/c1-18-17(19-10-5-6-12-23-14-21-22-15-23)20-11-7-13-24-16-8-3-2-4-9-16;/h14-16H,2-13H2,1H3,(H2,18,19,20);1H. The van der Waals surface area contributed by atoms with Crippen LogP contribution in [0.25, 0.3) is 0 Å². The van der Waals surface area contributed by atoms with Crippen molar-refractivity contribution in [3.05, 3.63) is 12.7 Å². The monoisotopic (exact) mass is 464 g/mol. The van der Waals surface area contributed by atoms with E-state index in [1.165, 1.54) is 32.1 Å². The number of aryl methyl sites for hydroxylation is 1. The second-order valence-electron chi connectivity index (χ2n) is 6.32. The van der Waals surface area contributed by atoms with Crippen molar-refractivity contribution in [1.29, 1.82) is 0 Å². The Morgan fingerprint density at radius 3 is 2.44 bits per heavy atom. The number of aliphatic imine (C=N–C) groups is 1. The molecule has 144 valence electrons. The molecule has 2 N–H and O–H groups in total. The lowest BCUT2D eigenvalue weighted by molar-refractivity contribution is 0.0277. The molecule has 8 heteroatoms. The average Bonchev–Trinajstić information content (AvgIpc) is 3.14. The van der Waals surface area contributed by atoms with E-state index in [4.69, 9.17) is 4.74 Å².